The molecule has 0 fully saturated rings. The number of halogens is 6. The molecule has 21 heavy (non-hydrogen) atoms. The minimum Gasteiger partial charge on any atom is -0.496 e. The van der Waals surface area contributed by atoms with Crippen LogP contribution < -0.4 is 9.47 Å². The van der Waals surface area contributed by atoms with Gasteiger partial charge in [-0.05, 0) is 0 Å². The van der Waals surface area contributed by atoms with Crippen molar-refractivity contribution in [1.29, 1.82) is 0 Å². The molecule has 0 aliphatic rings. The molecule has 0 N–H and O–H groups in total. The molecular formula is C10H7F6NO4. The molecule has 0 spiro atoms. The largest absolute Gasteiger partial charge is 0.574 e. The van der Waals surface area contributed by atoms with Crippen molar-refractivity contribution in [3.8, 4) is 11.6 Å². The molecule has 0 aromatic carbocycles. The second-order valence-corrected chi connectivity index (χ2v) is 3.43. The number of esters is 1. The number of carbonyl (C=O) groups excluding carboxylic acids is 1. The van der Waals surface area contributed by atoms with Crippen LogP contribution in [0.5, 0.6) is 11.6 Å². The first-order valence-corrected chi connectivity index (χ1v) is 5.00. The van der Waals surface area contributed by atoms with Crippen LogP contribution in [0.2, 0.25) is 0 Å². The Bertz CT molecular complexity index is 540. The van der Waals surface area contributed by atoms with Gasteiger partial charge in [0.25, 0.3) is 0 Å². The lowest BCUT2D eigenvalue weighted by Gasteiger charge is -2.17. The van der Waals surface area contributed by atoms with Gasteiger partial charge in [0.2, 0.25) is 5.88 Å². The van der Waals surface area contributed by atoms with E-state index in [1.54, 1.807) is 0 Å². The summed E-state index contributed by atoms with van der Waals surface area (Å²) in [6, 6.07) is 0.498. The van der Waals surface area contributed by atoms with Gasteiger partial charge >= 0.3 is 18.5 Å². The summed E-state index contributed by atoms with van der Waals surface area (Å²) in [7, 11) is 1.65. The van der Waals surface area contributed by atoms with E-state index in [2.05, 4.69) is 19.2 Å². The molecule has 0 unspecified atom stereocenters. The van der Waals surface area contributed by atoms with Crippen LogP contribution in [0.3, 0.4) is 0 Å². The molecule has 0 radical (unpaired) electrons. The minimum absolute atomic E-state index is 0.498. The third kappa shape index (κ3) is 4.13. The van der Waals surface area contributed by atoms with Crippen LogP contribution in [0.15, 0.2) is 6.07 Å². The van der Waals surface area contributed by atoms with Crippen molar-refractivity contribution in [2.45, 2.75) is 12.5 Å². The summed E-state index contributed by atoms with van der Waals surface area (Å²) in [5.74, 6) is -4.17. The van der Waals surface area contributed by atoms with E-state index in [1.165, 1.54) is 0 Å². The van der Waals surface area contributed by atoms with Crippen molar-refractivity contribution in [2.24, 2.45) is 0 Å². The summed E-state index contributed by atoms with van der Waals surface area (Å²) in [5.41, 5.74) is -2.73. The highest BCUT2D eigenvalue weighted by Gasteiger charge is 2.44. The van der Waals surface area contributed by atoms with Crippen LogP contribution in [0.1, 0.15) is 16.1 Å². The van der Waals surface area contributed by atoms with E-state index >= 15 is 0 Å². The van der Waals surface area contributed by atoms with Crippen LogP contribution in [0.4, 0.5) is 26.3 Å². The Morgan fingerprint density at radius 1 is 1.14 bits per heavy atom. The summed E-state index contributed by atoms with van der Waals surface area (Å²) in [6.07, 6.45) is -10.7. The first-order valence-electron chi connectivity index (χ1n) is 5.00. The van der Waals surface area contributed by atoms with Crippen molar-refractivity contribution in [3.63, 3.8) is 0 Å². The third-order valence-electron chi connectivity index (χ3n) is 2.06. The molecule has 1 aromatic heterocycles. The van der Waals surface area contributed by atoms with E-state index < -0.39 is 41.4 Å². The number of methoxy groups -OCH3 is 2. The lowest BCUT2D eigenvalue weighted by atomic mass is 10.2. The number of nitrogens with zero attached hydrogens (tertiary/aromatic N) is 1. The van der Waals surface area contributed by atoms with Crippen LogP contribution in [-0.4, -0.2) is 31.5 Å². The molecular weight excluding hydrogens is 312 g/mol. The van der Waals surface area contributed by atoms with Gasteiger partial charge in [-0.15, -0.1) is 13.2 Å². The molecule has 11 heteroatoms. The predicted molar refractivity (Wildman–Crippen MR) is 53.8 cm³/mol. The van der Waals surface area contributed by atoms with E-state index in [1.807, 2.05) is 0 Å². The highest BCUT2D eigenvalue weighted by Crippen LogP contribution is 2.43. The molecule has 0 aliphatic carbocycles. The Balaban J connectivity index is 3.57. The highest BCUT2D eigenvalue weighted by molar-refractivity contribution is 5.88. The lowest BCUT2D eigenvalue weighted by Crippen LogP contribution is -2.23. The first-order chi connectivity index (χ1) is 9.49. The average Bonchev–Trinajstić information content (AvgIpc) is 2.33. The Labute approximate surface area is 113 Å². The van der Waals surface area contributed by atoms with Gasteiger partial charge < -0.3 is 14.2 Å². The maximum Gasteiger partial charge on any atom is 0.574 e. The molecule has 0 amide bonds. The molecule has 0 bridgehead atoms. The molecule has 1 rings (SSSR count). The zero-order valence-corrected chi connectivity index (χ0v) is 10.4. The van der Waals surface area contributed by atoms with Crippen molar-refractivity contribution < 1.29 is 45.3 Å². The van der Waals surface area contributed by atoms with E-state index in [4.69, 9.17) is 0 Å². The molecule has 1 aromatic rings. The number of aromatic nitrogens is 1. The zero-order chi connectivity index (χ0) is 16.4. The number of rotatable bonds is 3. The van der Waals surface area contributed by atoms with Gasteiger partial charge in [-0.25, -0.2) is 9.78 Å². The van der Waals surface area contributed by atoms with E-state index in [-0.39, 0.29) is 0 Å². The lowest BCUT2D eigenvalue weighted by molar-refractivity contribution is -0.278. The summed E-state index contributed by atoms with van der Waals surface area (Å²) in [5, 5.41) is 0. The molecule has 0 aliphatic heterocycles. The fraction of sp³-hybridized carbons (Fsp3) is 0.400. The fourth-order valence-electron chi connectivity index (χ4n) is 1.31. The van der Waals surface area contributed by atoms with Crippen molar-refractivity contribution in [2.75, 3.05) is 14.2 Å². The SMILES string of the molecule is COC(=O)c1cc(OC)c(C(F)(F)F)c(OC(F)(F)F)n1. The second kappa shape index (κ2) is 5.66. The molecule has 0 saturated heterocycles. The smallest absolute Gasteiger partial charge is 0.496 e. The van der Waals surface area contributed by atoms with Gasteiger partial charge in [0.1, 0.15) is 5.75 Å². The second-order valence-electron chi connectivity index (χ2n) is 3.43. The molecule has 118 valence electrons. The first kappa shape index (κ1) is 16.9. The topological polar surface area (TPSA) is 57.7 Å². The highest BCUT2D eigenvalue weighted by atomic mass is 19.4. The van der Waals surface area contributed by atoms with E-state index in [0.29, 0.717) is 6.07 Å². The van der Waals surface area contributed by atoms with Crippen molar-refractivity contribution >= 4 is 5.97 Å². The number of ether oxygens (including phenoxy) is 3. The minimum atomic E-state index is -5.44. The Morgan fingerprint density at radius 3 is 2.10 bits per heavy atom. The number of alkyl halides is 6. The van der Waals surface area contributed by atoms with E-state index in [0.717, 1.165) is 14.2 Å². The van der Waals surface area contributed by atoms with Crippen LogP contribution >= 0.6 is 0 Å². The zero-order valence-electron chi connectivity index (χ0n) is 10.4. The standard InChI is InChI=1S/C10H7F6NO4/c1-19-5-3-4(8(18)20-2)17-7(21-10(14,15)16)6(5)9(11,12)13/h3H,1-2H3. The summed E-state index contributed by atoms with van der Waals surface area (Å²) >= 11 is 0. The van der Waals surface area contributed by atoms with Crippen LogP contribution in [-0.2, 0) is 10.9 Å². The average molecular weight is 319 g/mol. The number of carbonyl (C=O) groups is 1. The third-order valence-corrected chi connectivity index (χ3v) is 2.06. The molecule has 1 heterocycles. The van der Waals surface area contributed by atoms with Gasteiger partial charge in [0.15, 0.2) is 11.3 Å². The Hall–Kier alpha value is -2.20. The van der Waals surface area contributed by atoms with Gasteiger partial charge in [0, 0.05) is 6.07 Å². The number of pyridine rings is 1. The molecule has 0 atom stereocenters. The summed E-state index contributed by atoms with van der Waals surface area (Å²) in [4.78, 5) is 14.1. The predicted octanol–water partition coefficient (Wildman–Crippen LogP) is 2.79. The summed E-state index contributed by atoms with van der Waals surface area (Å²) < 4.78 is 86.7. The Morgan fingerprint density at radius 2 is 1.71 bits per heavy atom. The van der Waals surface area contributed by atoms with Gasteiger partial charge in [-0.2, -0.15) is 13.2 Å². The maximum atomic E-state index is 12.8. The molecule has 0 saturated carbocycles. The Kier molecular flexibility index (Phi) is 4.54. The normalized spacial score (nSPS) is 12.0. The monoisotopic (exact) mass is 319 g/mol. The van der Waals surface area contributed by atoms with Crippen LogP contribution in [0, 0.1) is 0 Å². The number of hydrogen-bond donors (Lipinski definition) is 0. The van der Waals surface area contributed by atoms with Gasteiger partial charge in [-0.3, -0.25) is 0 Å². The summed E-state index contributed by atoms with van der Waals surface area (Å²) in [6.45, 7) is 0. The number of hydrogen-bond acceptors (Lipinski definition) is 5. The van der Waals surface area contributed by atoms with E-state index in [9.17, 15) is 31.1 Å². The van der Waals surface area contributed by atoms with Gasteiger partial charge in [-0.1, -0.05) is 0 Å². The van der Waals surface area contributed by atoms with Crippen LogP contribution in [0.25, 0.3) is 0 Å². The molecule has 5 nitrogen and oxygen atoms in total. The van der Waals surface area contributed by atoms with Crippen molar-refractivity contribution in [1.82, 2.24) is 4.98 Å². The fourth-order valence-corrected chi connectivity index (χ4v) is 1.31. The van der Waals surface area contributed by atoms with Gasteiger partial charge in [0.05, 0.1) is 14.2 Å². The quantitative estimate of drug-likeness (QED) is 0.633. The van der Waals surface area contributed by atoms with Crippen molar-refractivity contribution in [3.05, 3.63) is 17.3 Å². The maximum absolute atomic E-state index is 12.8.